The maximum absolute atomic E-state index is 11.1. The summed E-state index contributed by atoms with van der Waals surface area (Å²) in [5.41, 5.74) is 5.70. The lowest BCUT2D eigenvalue weighted by atomic mass is 9.97. The molecule has 0 aromatic heterocycles. The molecule has 0 saturated carbocycles. The summed E-state index contributed by atoms with van der Waals surface area (Å²) in [6.07, 6.45) is -4.84. The minimum absolute atomic E-state index is 0.315. The third-order valence-electron chi connectivity index (χ3n) is 2.84. The Kier molecular flexibility index (Phi) is 6.68. The first-order valence-electron chi connectivity index (χ1n) is 6.45. The van der Waals surface area contributed by atoms with Gasteiger partial charge < -0.3 is 34.9 Å². The van der Waals surface area contributed by atoms with E-state index >= 15 is 0 Å². The molecule has 0 aromatic carbocycles. The Morgan fingerprint density at radius 1 is 1.23 bits per heavy atom. The molecule has 1 aliphatic heterocycles. The third kappa shape index (κ3) is 5.22. The molecule has 1 rings (SSSR count). The van der Waals surface area contributed by atoms with Crippen LogP contribution in [0.15, 0.2) is 0 Å². The van der Waals surface area contributed by atoms with E-state index in [9.17, 15) is 19.5 Å². The number of carbonyl (C=O) groups is 3. The van der Waals surface area contributed by atoms with Gasteiger partial charge in [-0.2, -0.15) is 0 Å². The Hall–Kier alpha value is -1.75. The van der Waals surface area contributed by atoms with Crippen LogP contribution in [0.25, 0.3) is 0 Å². The predicted molar refractivity (Wildman–Crippen MR) is 68.4 cm³/mol. The van der Waals surface area contributed by atoms with Gasteiger partial charge in [-0.15, -0.1) is 0 Å². The molecule has 0 aliphatic carbocycles. The van der Waals surface area contributed by atoms with Crippen LogP contribution in [-0.4, -0.2) is 72.0 Å². The summed E-state index contributed by atoms with van der Waals surface area (Å²) in [7, 11) is 0. The number of carboxylic acids is 1. The molecule has 22 heavy (non-hydrogen) atoms. The second kappa shape index (κ2) is 8.03. The molecule has 126 valence electrons. The van der Waals surface area contributed by atoms with Crippen molar-refractivity contribution in [2.45, 2.75) is 44.5 Å². The first kappa shape index (κ1) is 18.3. The molecule has 5 atom stereocenters. The highest BCUT2D eigenvalue weighted by molar-refractivity contribution is 5.68. The maximum Gasteiger partial charge on any atom is 0.329 e. The number of aliphatic hydroxyl groups is 1. The summed E-state index contributed by atoms with van der Waals surface area (Å²) in [4.78, 5) is 32.5. The Morgan fingerprint density at radius 2 is 1.86 bits per heavy atom. The molecule has 0 radical (unpaired) electrons. The van der Waals surface area contributed by atoms with Crippen LogP contribution in [-0.2, 0) is 33.3 Å². The lowest BCUT2D eigenvalue weighted by Crippen LogP contribution is -2.63. The summed E-state index contributed by atoms with van der Waals surface area (Å²) >= 11 is 0. The lowest BCUT2D eigenvalue weighted by Gasteiger charge is -2.41. The molecule has 0 spiro atoms. The molecular weight excluding hydrogens is 302 g/mol. The van der Waals surface area contributed by atoms with Gasteiger partial charge in [-0.1, -0.05) is 0 Å². The standard InChI is InChI=1S/C12H19NO9/c1-5(14)19-3-7-11(21-6(2)15)10(18)9(13)12(22-7)20-4-8(16)17/h7,9-12,18H,3-4,13H2,1-2H3,(H,16,17). The molecule has 1 heterocycles. The molecule has 1 aliphatic rings. The largest absolute Gasteiger partial charge is 0.480 e. The van der Waals surface area contributed by atoms with Crippen LogP contribution in [0.5, 0.6) is 0 Å². The smallest absolute Gasteiger partial charge is 0.329 e. The highest BCUT2D eigenvalue weighted by atomic mass is 16.7. The molecule has 4 N–H and O–H groups in total. The average Bonchev–Trinajstić information content (AvgIpc) is 2.41. The fraction of sp³-hybridized carbons (Fsp3) is 0.750. The number of hydrogen-bond acceptors (Lipinski definition) is 9. The Balaban J connectivity index is 2.81. The average molecular weight is 321 g/mol. The third-order valence-corrected chi connectivity index (χ3v) is 2.84. The highest BCUT2D eigenvalue weighted by Crippen LogP contribution is 2.24. The molecule has 5 unspecified atom stereocenters. The van der Waals surface area contributed by atoms with Crippen molar-refractivity contribution in [3.8, 4) is 0 Å². The molecule has 1 saturated heterocycles. The molecule has 0 aromatic rings. The quantitative estimate of drug-likeness (QED) is 0.467. The van der Waals surface area contributed by atoms with Crippen molar-refractivity contribution in [1.29, 1.82) is 0 Å². The van der Waals surface area contributed by atoms with Gasteiger partial charge in [-0.25, -0.2) is 4.79 Å². The number of carbonyl (C=O) groups excluding carboxylic acids is 2. The number of nitrogens with two attached hydrogens (primary N) is 1. The van der Waals surface area contributed by atoms with Crippen LogP contribution in [0.3, 0.4) is 0 Å². The first-order valence-corrected chi connectivity index (χ1v) is 6.45. The van der Waals surface area contributed by atoms with E-state index in [0.717, 1.165) is 6.92 Å². The summed E-state index contributed by atoms with van der Waals surface area (Å²) in [6, 6.07) is -1.14. The molecule has 0 amide bonds. The van der Waals surface area contributed by atoms with Gasteiger partial charge in [0.25, 0.3) is 0 Å². The van der Waals surface area contributed by atoms with Crippen molar-refractivity contribution in [3.05, 3.63) is 0 Å². The van der Waals surface area contributed by atoms with Gasteiger partial charge in [-0.05, 0) is 0 Å². The maximum atomic E-state index is 11.1. The Morgan fingerprint density at radius 3 is 2.36 bits per heavy atom. The van der Waals surface area contributed by atoms with Gasteiger partial charge in [0.2, 0.25) is 0 Å². The van der Waals surface area contributed by atoms with Crippen LogP contribution >= 0.6 is 0 Å². The van der Waals surface area contributed by atoms with Crippen LogP contribution in [0, 0.1) is 0 Å². The number of carboxylic acid groups (broad SMARTS) is 1. The molecule has 0 bridgehead atoms. The van der Waals surface area contributed by atoms with E-state index in [1.165, 1.54) is 6.92 Å². The van der Waals surface area contributed by atoms with E-state index in [-0.39, 0.29) is 6.61 Å². The SMILES string of the molecule is CC(=O)OCC1OC(OCC(=O)O)C(N)C(O)C1OC(C)=O. The van der Waals surface area contributed by atoms with E-state index in [1.807, 2.05) is 0 Å². The minimum atomic E-state index is -1.38. The summed E-state index contributed by atoms with van der Waals surface area (Å²) in [5.74, 6) is -2.53. The van der Waals surface area contributed by atoms with E-state index < -0.39 is 55.2 Å². The second-order valence-corrected chi connectivity index (χ2v) is 4.69. The van der Waals surface area contributed by atoms with Crippen molar-refractivity contribution in [2.24, 2.45) is 5.73 Å². The minimum Gasteiger partial charge on any atom is -0.480 e. The van der Waals surface area contributed by atoms with Crippen molar-refractivity contribution in [1.82, 2.24) is 0 Å². The van der Waals surface area contributed by atoms with Crippen molar-refractivity contribution in [3.63, 3.8) is 0 Å². The van der Waals surface area contributed by atoms with Gasteiger partial charge in [0.1, 0.15) is 25.4 Å². The topological polar surface area (TPSA) is 155 Å². The number of esters is 2. The zero-order valence-electron chi connectivity index (χ0n) is 12.1. The van der Waals surface area contributed by atoms with Gasteiger partial charge in [0, 0.05) is 13.8 Å². The van der Waals surface area contributed by atoms with E-state index in [1.54, 1.807) is 0 Å². The van der Waals surface area contributed by atoms with E-state index in [0.29, 0.717) is 0 Å². The van der Waals surface area contributed by atoms with Gasteiger partial charge >= 0.3 is 17.9 Å². The van der Waals surface area contributed by atoms with Crippen molar-refractivity contribution in [2.75, 3.05) is 13.2 Å². The van der Waals surface area contributed by atoms with Gasteiger partial charge in [0.15, 0.2) is 12.4 Å². The molecule has 10 nitrogen and oxygen atoms in total. The van der Waals surface area contributed by atoms with Crippen LogP contribution < -0.4 is 5.73 Å². The zero-order chi connectivity index (χ0) is 16.9. The van der Waals surface area contributed by atoms with Crippen LogP contribution in [0.2, 0.25) is 0 Å². The molecule has 10 heteroatoms. The Labute approximate surface area is 126 Å². The van der Waals surface area contributed by atoms with Crippen LogP contribution in [0.1, 0.15) is 13.8 Å². The number of rotatable bonds is 6. The molecular formula is C12H19NO9. The normalized spacial score (nSPS) is 31.4. The van der Waals surface area contributed by atoms with Gasteiger partial charge in [0.05, 0.1) is 6.04 Å². The zero-order valence-corrected chi connectivity index (χ0v) is 12.1. The van der Waals surface area contributed by atoms with Crippen LogP contribution in [0.4, 0.5) is 0 Å². The number of hydrogen-bond donors (Lipinski definition) is 3. The van der Waals surface area contributed by atoms with E-state index in [4.69, 9.17) is 29.8 Å². The molecule has 1 fully saturated rings. The second-order valence-electron chi connectivity index (χ2n) is 4.69. The predicted octanol–water partition coefficient (Wildman–Crippen LogP) is -2.00. The lowest BCUT2D eigenvalue weighted by molar-refractivity contribution is -0.270. The van der Waals surface area contributed by atoms with Gasteiger partial charge in [-0.3, -0.25) is 9.59 Å². The Bertz CT molecular complexity index is 425. The monoisotopic (exact) mass is 321 g/mol. The number of aliphatic carboxylic acids is 1. The summed E-state index contributed by atoms with van der Waals surface area (Å²) in [6.45, 7) is 1.30. The first-order chi connectivity index (χ1) is 10.2. The van der Waals surface area contributed by atoms with E-state index in [2.05, 4.69) is 0 Å². The fourth-order valence-electron chi connectivity index (χ4n) is 1.92. The summed E-state index contributed by atoms with van der Waals surface area (Å²) in [5, 5.41) is 18.7. The highest BCUT2D eigenvalue weighted by Gasteiger charge is 2.46. The fourth-order valence-corrected chi connectivity index (χ4v) is 1.92. The number of aliphatic hydroxyl groups excluding tert-OH is 1. The van der Waals surface area contributed by atoms with Crippen molar-refractivity contribution >= 4 is 17.9 Å². The summed E-state index contributed by atoms with van der Waals surface area (Å²) < 4.78 is 20.0. The van der Waals surface area contributed by atoms with Crippen molar-refractivity contribution < 1.29 is 43.5 Å². The number of ether oxygens (including phenoxy) is 4.